The molecule has 86 valence electrons. The van der Waals surface area contributed by atoms with Crippen LogP contribution in [-0.2, 0) is 0 Å². The first-order chi connectivity index (χ1) is 8.42. The van der Waals surface area contributed by atoms with Crippen LogP contribution in [-0.4, -0.2) is 6.21 Å². The molecule has 0 bridgehead atoms. The van der Waals surface area contributed by atoms with Crippen molar-refractivity contribution in [2.24, 2.45) is 4.99 Å². The fourth-order valence-corrected chi connectivity index (χ4v) is 1.85. The summed E-state index contributed by atoms with van der Waals surface area (Å²) in [5.74, 6) is 0. The van der Waals surface area contributed by atoms with E-state index in [1.54, 1.807) is 0 Å². The van der Waals surface area contributed by atoms with Gasteiger partial charge in [-0.1, -0.05) is 67.6 Å². The molecule has 2 aromatic carbocycles. The van der Waals surface area contributed by atoms with Crippen LogP contribution in [0.3, 0.4) is 0 Å². The highest BCUT2D eigenvalue weighted by Gasteiger charge is 2.10. The Labute approximate surface area is 103 Å². The third-order valence-corrected chi connectivity index (χ3v) is 2.67. The normalized spacial score (nSPS) is 11.2. The van der Waals surface area contributed by atoms with Gasteiger partial charge in [0.05, 0.1) is 6.04 Å². The van der Waals surface area contributed by atoms with Crippen molar-refractivity contribution in [1.29, 1.82) is 0 Å². The highest BCUT2D eigenvalue weighted by molar-refractivity contribution is 5.58. The molecule has 0 fully saturated rings. The summed E-state index contributed by atoms with van der Waals surface area (Å²) in [6.07, 6.45) is 2.96. The number of benzene rings is 2. The summed E-state index contributed by atoms with van der Waals surface area (Å²) in [6, 6.07) is 21.0. The van der Waals surface area contributed by atoms with Crippen LogP contribution >= 0.6 is 0 Å². The second-order valence-electron chi connectivity index (χ2n) is 3.96. The third-order valence-electron chi connectivity index (χ3n) is 2.67. The number of rotatable bonds is 4. The summed E-state index contributed by atoms with van der Waals surface area (Å²) in [6.45, 7) is 2.11. The van der Waals surface area contributed by atoms with E-state index in [-0.39, 0.29) is 6.04 Å². The molecule has 2 rings (SSSR count). The second-order valence-corrected chi connectivity index (χ2v) is 3.96. The van der Waals surface area contributed by atoms with E-state index < -0.39 is 0 Å². The second kappa shape index (κ2) is 6.00. The predicted octanol–water partition coefficient (Wildman–Crippen LogP) is 4.26. The van der Waals surface area contributed by atoms with Crippen molar-refractivity contribution in [3.05, 3.63) is 71.8 Å². The van der Waals surface area contributed by atoms with Crippen LogP contribution < -0.4 is 0 Å². The maximum atomic E-state index is 4.66. The highest BCUT2D eigenvalue weighted by Crippen LogP contribution is 2.25. The van der Waals surface area contributed by atoms with Gasteiger partial charge in [-0.25, -0.2) is 0 Å². The summed E-state index contributed by atoms with van der Waals surface area (Å²) >= 11 is 0. The van der Waals surface area contributed by atoms with Crippen LogP contribution in [0.5, 0.6) is 0 Å². The van der Waals surface area contributed by atoms with Crippen LogP contribution in [0.2, 0.25) is 0 Å². The van der Waals surface area contributed by atoms with Gasteiger partial charge in [-0.3, -0.25) is 4.99 Å². The number of aliphatic imine (C=N–C) groups is 1. The van der Waals surface area contributed by atoms with Gasteiger partial charge in [0.1, 0.15) is 0 Å². The molecule has 0 atom stereocenters. The van der Waals surface area contributed by atoms with Crippen LogP contribution in [0, 0.1) is 0 Å². The molecule has 0 aliphatic heterocycles. The first-order valence-corrected chi connectivity index (χ1v) is 6.03. The van der Waals surface area contributed by atoms with Gasteiger partial charge in [0.25, 0.3) is 0 Å². The molecular formula is C16H17N. The molecule has 0 radical (unpaired) electrons. The standard InChI is InChI=1S/C16H17N/c1-2-13-17-16(14-9-5-3-6-10-14)15-11-7-4-8-12-15/h3-13,16H,2H2,1H3. The van der Waals surface area contributed by atoms with Gasteiger partial charge in [0, 0.05) is 0 Å². The summed E-state index contributed by atoms with van der Waals surface area (Å²) in [5, 5.41) is 0. The van der Waals surface area contributed by atoms with Crippen molar-refractivity contribution in [1.82, 2.24) is 0 Å². The van der Waals surface area contributed by atoms with Crippen molar-refractivity contribution < 1.29 is 0 Å². The van der Waals surface area contributed by atoms with Crippen molar-refractivity contribution >= 4 is 6.21 Å². The molecule has 0 amide bonds. The molecule has 1 heteroatoms. The molecular weight excluding hydrogens is 206 g/mol. The van der Waals surface area contributed by atoms with E-state index in [0.717, 1.165) is 6.42 Å². The van der Waals surface area contributed by atoms with Crippen LogP contribution in [0.25, 0.3) is 0 Å². The minimum absolute atomic E-state index is 0.123. The molecule has 0 saturated carbocycles. The van der Waals surface area contributed by atoms with Gasteiger partial charge >= 0.3 is 0 Å². The molecule has 0 N–H and O–H groups in total. The Bertz CT molecular complexity index is 420. The van der Waals surface area contributed by atoms with E-state index in [0.29, 0.717) is 0 Å². The van der Waals surface area contributed by atoms with Crippen LogP contribution in [0.15, 0.2) is 65.7 Å². The quantitative estimate of drug-likeness (QED) is 0.687. The largest absolute Gasteiger partial charge is 0.285 e. The molecule has 0 saturated heterocycles. The lowest BCUT2D eigenvalue weighted by Gasteiger charge is -2.13. The lowest BCUT2D eigenvalue weighted by atomic mass is 9.99. The Balaban J connectivity index is 2.36. The molecule has 0 unspecified atom stereocenters. The van der Waals surface area contributed by atoms with E-state index >= 15 is 0 Å². The third kappa shape index (κ3) is 3.04. The highest BCUT2D eigenvalue weighted by atomic mass is 14.8. The van der Waals surface area contributed by atoms with E-state index in [4.69, 9.17) is 0 Å². The smallest absolute Gasteiger partial charge is 0.0995 e. The Hall–Kier alpha value is -1.89. The van der Waals surface area contributed by atoms with E-state index in [9.17, 15) is 0 Å². The average Bonchev–Trinajstić information content (AvgIpc) is 2.42. The topological polar surface area (TPSA) is 12.4 Å². The zero-order valence-electron chi connectivity index (χ0n) is 10.1. The lowest BCUT2D eigenvalue weighted by molar-refractivity contribution is 0.873. The minimum Gasteiger partial charge on any atom is -0.285 e. The molecule has 0 aliphatic carbocycles. The number of hydrogen-bond acceptors (Lipinski definition) is 1. The summed E-state index contributed by atoms with van der Waals surface area (Å²) in [7, 11) is 0. The summed E-state index contributed by atoms with van der Waals surface area (Å²) in [5.41, 5.74) is 2.48. The van der Waals surface area contributed by atoms with Crippen molar-refractivity contribution in [2.45, 2.75) is 19.4 Å². The van der Waals surface area contributed by atoms with E-state index in [2.05, 4.69) is 60.4 Å². The molecule has 0 spiro atoms. The monoisotopic (exact) mass is 223 g/mol. The van der Waals surface area contributed by atoms with Crippen LogP contribution in [0.4, 0.5) is 0 Å². The first-order valence-electron chi connectivity index (χ1n) is 6.03. The predicted molar refractivity (Wildman–Crippen MR) is 73.5 cm³/mol. The number of hydrogen-bond donors (Lipinski definition) is 0. The molecule has 1 nitrogen and oxygen atoms in total. The Morgan fingerprint density at radius 3 is 1.76 bits per heavy atom. The van der Waals surface area contributed by atoms with Gasteiger partial charge in [-0.15, -0.1) is 0 Å². The van der Waals surface area contributed by atoms with E-state index in [1.807, 2.05) is 18.3 Å². The minimum atomic E-state index is 0.123. The maximum absolute atomic E-state index is 4.66. The summed E-state index contributed by atoms with van der Waals surface area (Å²) in [4.78, 5) is 4.66. The fraction of sp³-hybridized carbons (Fsp3) is 0.188. The maximum Gasteiger partial charge on any atom is 0.0995 e. The first kappa shape index (κ1) is 11.6. The van der Waals surface area contributed by atoms with Crippen molar-refractivity contribution in [2.75, 3.05) is 0 Å². The fourth-order valence-electron chi connectivity index (χ4n) is 1.85. The molecule has 0 aromatic heterocycles. The van der Waals surface area contributed by atoms with Gasteiger partial charge < -0.3 is 0 Å². The average molecular weight is 223 g/mol. The van der Waals surface area contributed by atoms with Gasteiger partial charge in [0.2, 0.25) is 0 Å². The van der Waals surface area contributed by atoms with E-state index in [1.165, 1.54) is 11.1 Å². The van der Waals surface area contributed by atoms with Crippen molar-refractivity contribution in [3.8, 4) is 0 Å². The molecule has 0 aliphatic rings. The SMILES string of the molecule is CCC=NC(c1ccccc1)c1ccccc1. The molecule has 17 heavy (non-hydrogen) atoms. The Kier molecular flexibility index (Phi) is 4.09. The number of nitrogens with zero attached hydrogens (tertiary/aromatic N) is 1. The lowest BCUT2D eigenvalue weighted by Crippen LogP contribution is -1.98. The Morgan fingerprint density at radius 1 is 0.882 bits per heavy atom. The van der Waals surface area contributed by atoms with Crippen molar-refractivity contribution in [3.63, 3.8) is 0 Å². The van der Waals surface area contributed by atoms with Gasteiger partial charge in [-0.2, -0.15) is 0 Å². The molecule has 0 heterocycles. The van der Waals surface area contributed by atoms with Gasteiger partial charge in [-0.05, 0) is 23.8 Å². The van der Waals surface area contributed by atoms with Crippen LogP contribution in [0.1, 0.15) is 30.5 Å². The summed E-state index contributed by atoms with van der Waals surface area (Å²) < 4.78 is 0. The zero-order chi connectivity index (χ0) is 11.9. The van der Waals surface area contributed by atoms with Gasteiger partial charge in [0.15, 0.2) is 0 Å². The Morgan fingerprint density at radius 2 is 1.35 bits per heavy atom. The molecule has 2 aromatic rings. The zero-order valence-corrected chi connectivity index (χ0v) is 10.1.